The van der Waals surface area contributed by atoms with Crippen LogP contribution < -0.4 is 4.90 Å². The number of hydrogen-bond donors (Lipinski definition) is 0. The van der Waals surface area contributed by atoms with Gasteiger partial charge in [0.05, 0.1) is 0 Å². The van der Waals surface area contributed by atoms with Crippen LogP contribution in [0.5, 0.6) is 0 Å². The van der Waals surface area contributed by atoms with E-state index >= 15 is 0 Å². The first-order chi connectivity index (χ1) is 14.3. The summed E-state index contributed by atoms with van der Waals surface area (Å²) in [6, 6.07) is 4.77. The van der Waals surface area contributed by atoms with E-state index in [-0.39, 0.29) is 11.7 Å². The van der Waals surface area contributed by atoms with Crippen LogP contribution in [0.1, 0.15) is 50.3 Å². The van der Waals surface area contributed by atoms with Crippen LogP contribution in [0.4, 0.5) is 10.2 Å². The van der Waals surface area contributed by atoms with Crippen LogP contribution in [0.25, 0.3) is 0 Å². The smallest absolute Gasteiger partial charge is 0.219 e. The third-order valence-corrected chi connectivity index (χ3v) is 5.84. The number of aryl methyl sites for hydroxylation is 1. The summed E-state index contributed by atoms with van der Waals surface area (Å²) in [5.74, 6) is 1.87. The molecule has 1 aromatic carbocycles. The van der Waals surface area contributed by atoms with Gasteiger partial charge in [-0.15, -0.1) is 0 Å². The van der Waals surface area contributed by atoms with Crippen LogP contribution in [0.3, 0.4) is 0 Å². The van der Waals surface area contributed by atoms with Gasteiger partial charge in [-0.3, -0.25) is 4.79 Å². The number of nitrogens with zero attached hydrogens (tertiary/aromatic N) is 4. The first-order valence-electron chi connectivity index (χ1n) is 10.6. The first kappa shape index (κ1) is 22.5. The molecule has 0 aliphatic carbocycles. The maximum absolute atomic E-state index is 14.6. The molecule has 1 saturated heterocycles. The number of carbonyl (C=O) groups is 1. The van der Waals surface area contributed by atoms with Crippen molar-refractivity contribution >= 4 is 23.3 Å². The molecule has 7 heteroatoms. The number of amides is 1. The molecule has 30 heavy (non-hydrogen) atoms. The number of rotatable bonds is 6. The number of piperazine rings is 1. The predicted molar refractivity (Wildman–Crippen MR) is 119 cm³/mol. The molecule has 2 aromatic rings. The van der Waals surface area contributed by atoms with Crippen molar-refractivity contribution in [2.75, 3.05) is 31.1 Å². The van der Waals surface area contributed by atoms with Gasteiger partial charge in [-0.05, 0) is 24.5 Å². The lowest BCUT2D eigenvalue weighted by Gasteiger charge is -2.36. The summed E-state index contributed by atoms with van der Waals surface area (Å²) in [6.45, 7) is 10.6. The second-order valence-corrected chi connectivity index (χ2v) is 8.62. The molecule has 0 saturated carbocycles. The first-order valence-corrected chi connectivity index (χ1v) is 11.0. The van der Waals surface area contributed by atoms with Gasteiger partial charge in [0.15, 0.2) is 0 Å². The lowest BCUT2D eigenvalue weighted by molar-refractivity contribution is -0.129. The minimum atomic E-state index is -0.317. The summed E-state index contributed by atoms with van der Waals surface area (Å²) in [7, 11) is 0. The molecule has 5 nitrogen and oxygen atoms in total. The minimum Gasteiger partial charge on any atom is -0.353 e. The van der Waals surface area contributed by atoms with Gasteiger partial charge in [-0.2, -0.15) is 0 Å². The Morgan fingerprint density at radius 1 is 1.17 bits per heavy atom. The third kappa shape index (κ3) is 5.09. The molecule has 1 aromatic heterocycles. The fraction of sp³-hybridized carbons (Fsp3) is 0.522. The van der Waals surface area contributed by atoms with Gasteiger partial charge in [0, 0.05) is 67.8 Å². The van der Waals surface area contributed by atoms with Gasteiger partial charge < -0.3 is 9.80 Å². The van der Waals surface area contributed by atoms with E-state index in [4.69, 9.17) is 21.6 Å². The average molecular weight is 433 g/mol. The topological polar surface area (TPSA) is 49.3 Å². The Bertz CT molecular complexity index is 890. The van der Waals surface area contributed by atoms with E-state index in [1.54, 1.807) is 19.1 Å². The summed E-state index contributed by atoms with van der Waals surface area (Å²) in [5, 5.41) is 0.413. The van der Waals surface area contributed by atoms with Crippen molar-refractivity contribution in [1.29, 1.82) is 0 Å². The monoisotopic (exact) mass is 432 g/mol. The fourth-order valence-corrected chi connectivity index (χ4v) is 4.10. The summed E-state index contributed by atoms with van der Waals surface area (Å²) in [4.78, 5) is 25.5. The summed E-state index contributed by atoms with van der Waals surface area (Å²) in [6.07, 6.45) is 1.86. The molecular formula is C23H30ClFN4O. The summed E-state index contributed by atoms with van der Waals surface area (Å²) >= 11 is 6.33. The molecule has 1 fully saturated rings. The second kappa shape index (κ2) is 9.73. The molecule has 1 amide bonds. The van der Waals surface area contributed by atoms with Crippen molar-refractivity contribution in [2.24, 2.45) is 5.92 Å². The van der Waals surface area contributed by atoms with Gasteiger partial charge in [0.25, 0.3) is 0 Å². The Morgan fingerprint density at radius 2 is 1.87 bits per heavy atom. The molecule has 0 unspecified atom stereocenters. The molecule has 0 spiro atoms. The van der Waals surface area contributed by atoms with Gasteiger partial charge >= 0.3 is 0 Å². The Kier molecular flexibility index (Phi) is 7.29. The van der Waals surface area contributed by atoms with Crippen LogP contribution in [-0.4, -0.2) is 47.0 Å². The maximum Gasteiger partial charge on any atom is 0.219 e. The third-order valence-electron chi connectivity index (χ3n) is 5.48. The van der Waals surface area contributed by atoms with Crippen molar-refractivity contribution in [3.8, 4) is 0 Å². The predicted octanol–water partition coefficient (Wildman–Crippen LogP) is 4.29. The number of halogens is 2. The van der Waals surface area contributed by atoms with Gasteiger partial charge in [-0.1, -0.05) is 38.4 Å². The van der Waals surface area contributed by atoms with Gasteiger partial charge in [0.1, 0.15) is 17.5 Å². The standard InChI is InChI=1S/C23H30ClFN4O/c1-5-21-18(14-17-19(24)7-6-8-20(17)25)23(27-22(26-21)13-15(2)3)29-11-9-28(10-12-29)16(4)30/h6-8,15H,5,9-14H2,1-4H3. The molecule has 162 valence electrons. The Labute approximate surface area is 183 Å². The highest BCUT2D eigenvalue weighted by Crippen LogP contribution is 2.30. The van der Waals surface area contributed by atoms with Gasteiger partial charge in [-0.25, -0.2) is 14.4 Å². The van der Waals surface area contributed by atoms with Crippen molar-refractivity contribution in [3.63, 3.8) is 0 Å². The van der Waals surface area contributed by atoms with Crippen molar-refractivity contribution in [3.05, 3.63) is 51.7 Å². The number of benzene rings is 1. The molecule has 0 bridgehead atoms. The number of aromatic nitrogens is 2. The number of hydrogen-bond acceptors (Lipinski definition) is 4. The van der Waals surface area contributed by atoms with E-state index in [2.05, 4.69) is 25.7 Å². The molecule has 0 N–H and O–H groups in total. The zero-order valence-corrected chi connectivity index (χ0v) is 19.0. The van der Waals surface area contributed by atoms with Crippen LogP contribution in [0.2, 0.25) is 5.02 Å². The zero-order chi connectivity index (χ0) is 21.8. The van der Waals surface area contributed by atoms with E-state index < -0.39 is 0 Å². The van der Waals surface area contributed by atoms with E-state index in [0.717, 1.165) is 35.7 Å². The second-order valence-electron chi connectivity index (χ2n) is 8.21. The van der Waals surface area contributed by atoms with E-state index in [1.165, 1.54) is 6.07 Å². The normalized spacial score (nSPS) is 14.5. The van der Waals surface area contributed by atoms with Crippen LogP contribution >= 0.6 is 11.6 Å². The molecule has 1 aliphatic rings. The Balaban J connectivity index is 2.04. The van der Waals surface area contributed by atoms with Gasteiger partial charge in [0.2, 0.25) is 5.91 Å². The van der Waals surface area contributed by atoms with E-state index in [1.807, 2.05) is 4.90 Å². The lowest BCUT2D eigenvalue weighted by Crippen LogP contribution is -2.48. The van der Waals surface area contributed by atoms with Crippen LogP contribution in [0.15, 0.2) is 18.2 Å². The summed E-state index contributed by atoms with van der Waals surface area (Å²) < 4.78 is 14.6. The van der Waals surface area contributed by atoms with E-state index in [9.17, 15) is 9.18 Å². The summed E-state index contributed by atoms with van der Waals surface area (Å²) in [5.41, 5.74) is 2.33. The fourth-order valence-electron chi connectivity index (χ4n) is 3.87. The molecule has 0 radical (unpaired) electrons. The highest BCUT2D eigenvalue weighted by Gasteiger charge is 2.25. The van der Waals surface area contributed by atoms with Crippen LogP contribution in [0, 0.1) is 11.7 Å². The SMILES string of the molecule is CCc1nc(CC(C)C)nc(N2CCN(C(C)=O)CC2)c1Cc1c(F)cccc1Cl. The molecule has 1 aliphatic heterocycles. The van der Waals surface area contributed by atoms with Crippen molar-refractivity contribution in [2.45, 2.75) is 47.0 Å². The Morgan fingerprint density at radius 3 is 2.43 bits per heavy atom. The molecular weight excluding hydrogens is 403 g/mol. The molecule has 2 heterocycles. The lowest BCUT2D eigenvalue weighted by atomic mass is 10.0. The highest BCUT2D eigenvalue weighted by molar-refractivity contribution is 6.31. The zero-order valence-electron chi connectivity index (χ0n) is 18.2. The average Bonchev–Trinajstić information content (AvgIpc) is 2.70. The Hall–Kier alpha value is -2.21. The molecule has 0 atom stereocenters. The number of carbonyl (C=O) groups excluding carboxylic acids is 1. The quantitative estimate of drug-likeness (QED) is 0.683. The maximum atomic E-state index is 14.6. The number of anilines is 1. The minimum absolute atomic E-state index is 0.0884. The highest BCUT2D eigenvalue weighted by atomic mass is 35.5. The van der Waals surface area contributed by atoms with Crippen molar-refractivity contribution < 1.29 is 9.18 Å². The largest absolute Gasteiger partial charge is 0.353 e. The van der Waals surface area contributed by atoms with Crippen molar-refractivity contribution in [1.82, 2.24) is 14.9 Å². The van der Waals surface area contributed by atoms with E-state index in [0.29, 0.717) is 49.1 Å². The molecule has 3 rings (SSSR count). The van der Waals surface area contributed by atoms with Crippen LogP contribution in [-0.2, 0) is 24.1 Å².